The normalized spacial score (nSPS) is 13.7. The zero-order valence-corrected chi connectivity index (χ0v) is 11.4. The largest absolute Gasteiger partial charge is 0.229 e. The van der Waals surface area contributed by atoms with Gasteiger partial charge in [0.15, 0.2) is 0 Å². The number of rotatable bonds is 5. The molecule has 1 atom stereocenters. The van der Waals surface area contributed by atoms with E-state index in [2.05, 4.69) is 15.9 Å². The predicted molar refractivity (Wildman–Crippen MR) is 67.3 cm³/mol. The van der Waals surface area contributed by atoms with Crippen molar-refractivity contribution in [3.05, 3.63) is 35.6 Å². The summed E-state index contributed by atoms with van der Waals surface area (Å²) < 4.78 is 35.6. The molecule has 0 saturated carbocycles. The molecule has 0 fully saturated rings. The first kappa shape index (κ1) is 13.6. The molecule has 5 heteroatoms. The highest BCUT2D eigenvalue weighted by molar-refractivity contribution is 9.09. The summed E-state index contributed by atoms with van der Waals surface area (Å²) in [6.45, 7) is 0. The minimum atomic E-state index is -2.99. The van der Waals surface area contributed by atoms with Gasteiger partial charge in [0.2, 0.25) is 0 Å². The summed E-state index contributed by atoms with van der Waals surface area (Å²) in [6.07, 6.45) is 1.63. The van der Waals surface area contributed by atoms with E-state index in [0.717, 1.165) is 0 Å². The summed E-state index contributed by atoms with van der Waals surface area (Å²) in [5.74, 6) is -0.297. The van der Waals surface area contributed by atoms with Crippen molar-refractivity contribution in [1.82, 2.24) is 0 Å². The summed E-state index contributed by atoms with van der Waals surface area (Å²) in [5, 5.41) is 0.559. The molecule has 0 aliphatic rings. The fourth-order valence-corrected chi connectivity index (χ4v) is 2.86. The molecule has 0 aliphatic heterocycles. The molecular weight excluding hydrogens is 295 g/mol. The van der Waals surface area contributed by atoms with Crippen LogP contribution < -0.4 is 0 Å². The van der Waals surface area contributed by atoms with Crippen LogP contribution in [0.1, 0.15) is 17.9 Å². The second-order valence-corrected chi connectivity index (χ2v) is 6.70. The Hall–Kier alpha value is -0.420. The molecule has 0 heterocycles. The lowest BCUT2D eigenvalue weighted by Crippen LogP contribution is -2.11. The second-order valence-electron chi connectivity index (χ2n) is 3.79. The summed E-state index contributed by atoms with van der Waals surface area (Å²) in [5.41, 5.74) is 0.572. The van der Waals surface area contributed by atoms with Gasteiger partial charge in [0.25, 0.3) is 0 Å². The lowest BCUT2D eigenvalue weighted by atomic mass is 9.98. The molecule has 0 bridgehead atoms. The van der Waals surface area contributed by atoms with Gasteiger partial charge < -0.3 is 0 Å². The first-order valence-electron chi connectivity index (χ1n) is 4.92. The van der Waals surface area contributed by atoms with Crippen LogP contribution in [0.4, 0.5) is 4.39 Å². The Morgan fingerprint density at radius 2 is 2.00 bits per heavy atom. The van der Waals surface area contributed by atoms with Gasteiger partial charge in [-0.15, -0.1) is 0 Å². The maximum Gasteiger partial charge on any atom is 0.147 e. The third kappa shape index (κ3) is 4.22. The smallest absolute Gasteiger partial charge is 0.147 e. The predicted octanol–water partition coefficient (Wildman–Crippen LogP) is 2.74. The summed E-state index contributed by atoms with van der Waals surface area (Å²) in [4.78, 5) is 0. The van der Waals surface area contributed by atoms with Gasteiger partial charge in [0, 0.05) is 11.6 Å². The molecule has 0 radical (unpaired) electrons. The SMILES string of the molecule is CS(=O)(=O)CCC(CBr)c1ccccc1F. The fraction of sp³-hybridized carbons (Fsp3) is 0.455. The molecule has 1 aromatic carbocycles. The summed E-state index contributed by atoms with van der Waals surface area (Å²) >= 11 is 3.29. The maximum atomic E-state index is 13.5. The molecule has 0 N–H and O–H groups in total. The average Bonchev–Trinajstić information content (AvgIpc) is 2.20. The van der Waals surface area contributed by atoms with Crippen LogP contribution >= 0.6 is 15.9 Å². The topological polar surface area (TPSA) is 34.1 Å². The number of sulfone groups is 1. The van der Waals surface area contributed by atoms with Gasteiger partial charge in [-0.3, -0.25) is 0 Å². The molecule has 1 rings (SSSR count). The van der Waals surface area contributed by atoms with Gasteiger partial charge in [-0.1, -0.05) is 34.1 Å². The quantitative estimate of drug-likeness (QED) is 0.784. The van der Waals surface area contributed by atoms with Crippen molar-refractivity contribution in [1.29, 1.82) is 0 Å². The molecule has 0 spiro atoms. The molecule has 1 aromatic rings. The van der Waals surface area contributed by atoms with Crippen molar-refractivity contribution < 1.29 is 12.8 Å². The molecule has 0 aromatic heterocycles. The van der Waals surface area contributed by atoms with Gasteiger partial charge in [-0.25, -0.2) is 12.8 Å². The van der Waals surface area contributed by atoms with Crippen LogP contribution in [0.25, 0.3) is 0 Å². The summed E-state index contributed by atoms with van der Waals surface area (Å²) in [7, 11) is -2.99. The number of alkyl halides is 1. The van der Waals surface area contributed by atoms with Crippen LogP contribution in [0.2, 0.25) is 0 Å². The lowest BCUT2D eigenvalue weighted by molar-refractivity contribution is 0.576. The molecule has 0 amide bonds. The molecule has 0 saturated heterocycles. The number of hydrogen-bond donors (Lipinski definition) is 0. The van der Waals surface area contributed by atoms with E-state index in [1.165, 1.54) is 12.3 Å². The first-order valence-corrected chi connectivity index (χ1v) is 8.10. The Balaban J connectivity index is 2.79. The van der Waals surface area contributed by atoms with E-state index in [1.54, 1.807) is 18.2 Å². The van der Waals surface area contributed by atoms with Crippen LogP contribution in [-0.4, -0.2) is 25.8 Å². The standard InChI is InChI=1S/C11H14BrFO2S/c1-16(14,15)7-6-9(8-12)10-4-2-3-5-11(10)13/h2-5,9H,6-8H2,1H3. The third-order valence-electron chi connectivity index (χ3n) is 2.37. The van der Waals surface area contributed by atoms with Crippen LogP contribution in [0.3, 0.4) is 0 Å². The van der Waals surface area contributed by atoms with Crippen LogP contribution in [0.15, 0.2) is 24.3 Å². The second kappa shape index (κ2) is 5.77. The zero-order valence-electron chi connectivity index (χ0n) is 8.99. The van der Waals surface area contributed by atoms with Crippen molar-refractivity contribution in [2.75, 3.05) is 17.3 Å². The minimum Gasteiger partial charge on any atom is -0.229 e. The van der Waals surface area contributed by atoms with Crippen LogP contribution in [-0.2, 0) is 9.84 Å². The van der Waals surface area contributed by atoms with Crippen LogP contribution in [0, 0.1) is 5.82 Å². The van der Waals surface area contributed by atoms with E-state index in [4.69, 9.17) is 0 Å². The van der Waals surface area contributed by atoms with Crippen molar-refractivity contribution in [2.24, 2.45) is 0 Å². The number of benzene rings is 1. The summed E-state index contributed by atoms with van der Waals surface area (Å²) in [6, 6.07) is 6.48. The Kier molecular flexibility index (Phi) is 4.92. The Bertz CT molecular complexity index is 445. The Morgan fingerprint density at radius 3 is 2.50 bits per heavy atom. The molecule has 2 nitrogen and oxygen atoms in total. The van der Waals surface area contributed by atoms with Gasteiger partial charge in [0.1, 0.15) is 15.7 Å². The van der Waals surface area contributed by atoms with E-state index in [9.17, 15) is 12.8 Å². The zero-order chi connectivity index (χ0) is 12.2. The third-order valence-corrected chi connectivity index (χ3v) is 4.13. The van der Waals surface area contributed by atoms with Crippen molar-refractivity contribution in [2.45, 2.75) is 12.3 Å². The minimum absolute atomic E-state index is 0.0810. The first-order chi connectivity index (χ1) is 7.44. The van der Waals surface area contributed by atoms with Crippen molar-refractivity contribution in [3.63, 3.8) is 0 Å². The van der Waals surface area contributed by atoms with Gasteiger partial charge >= 0.3 is 0 Å². The van der Waals surface area contributed by atoms with Crippen LogP contribution in [0.5, 0.6) is 0 Å². The molecular formula is C11H14BrFO2S. The van der Waals surface area contributed by atoms with E-state index < -0.39 is 9.84 Å². The monoisotopic (exact) mass is 308 g/mol. The number of hydrogen-bond acceptors (Lipinski definition) is 2. The molecule has 16 heavy (non-hydrogen) atoms. The molecule has 0 aliphatic carbocycles. The van der Waals surface area contributed by atoms with E-state index in [1.807, 2.05) is 0 Å². The highest BCUT2D eigenvalue weighted by Crippen LogP contribution is 2.24. The molecule has 1 unspecified atom stereocenters. The van der Waals surface area contributed by atoms with E-state index in [-0.39, 0.29) is 17.5 Å². The highest BCUT2D eigenvalue weighted by Gasteiger charge is 2.16. The average molecular weight is 309 g/mol. The fourth-order valence-electron chi connectivity index (χ4n) is 1.48. The highest BCUT2D eigenvalue weighted by atomic mass is 79.9. The molecule has 90 valence electrons. The van der Waals surface area contributed by atoms with Crippen molar-refractivity contribution in [3.8, 4) is 0 Å². The maximum absolute atomic E-state index is 13.5. The Labute approximate surface area is 104 Å². The van der Waals surface area contributed by atoms with Gasteiger partial charge in [0.05, 0.1) is 5.75 Å². The number of halogens is 2. The van der Waals surface area contributed by atoms with Crippen molar-refractivity contribution >= 4 is 25.8 Å². The Morgan fingerprint density at radius 1 is 1.38 bits per heavy atom. The van der Waals surface area contributed by atoms with Gasteiger partial charge in [-0.05, 0) is 24.0 Å². The lowest BCUT2D eigenvalue weighted by Gasteiger charge is -2.14. The van der Waals surface area contributed by atoms with E-state index >= 15 is 0 Å². The van der Waals surface area contributed by atoms with E-state index in [0.29, 0.717) is 17.3 Å². The van der Waals surface area contributed by atoms with Gasteiger partial charge in [-0.2, -0.15) is 0 Å².